The Morgan fingerprint density at radius 2 is 1.89 bits per heavy atom. The van der Waals surface area contributed by atoms with Gasteiger partial charge in [-0.3, -0.25) is 10.3 Å². The standard InChI is InChI=1S/C24H23N9O2/c1-24(2,3)17-11-18(32-35-17)30-23(34)29-15-6-8-16(9-7-15)33-22-19(21(25)27-13-28-22)20(31-33)14-5-4-10-26-12-14/h4-13H,1-3H3,(H2,25,27,28)(H2,29,30,32,34). The lowest BCUT2D eigenvalue weighted by Gasteiger charge is -2.12. The maximum absolute atomic E-state index is 12.4. The summed E-state index contributed by atoms with van der Waals surface area (Å²) in [5.74, 6) is 1.35. The molecule has 11 heteroatoms. The van der Waals surface area contributed by atoms with Crippen LogP contribution in [0.5, 0.6) is 0 Å². The molecular formula is C24H23N9O2. The second-order valence-electron chi connectivity index (χ2n) is 8.91. The van der Waals surface area contributed by atoms with E-state index in [9.17, 15) is 4.79 Å². The molecule has 11 nitrogen and oxygen atoms in total. The van der Waals surface area contributed by atoms with Crippen LogP contribution < -0.4 is 16.4 Å². The van der Waals surface area contributed by atoms with E-state index >= 15 is 0 Å². The third-order valence-corrected chi connectivity index (χ3v) is 5.29. The Kier molecular flexibility index (Phi) is 5.36. The number of amides is 2. The van der Waals surface area contributed by atoms with Crippen LogP contribution in [-0.4, -0.2) is 35.9 Å². The number of benzene rings is 1. The van der Waals surface area contributed by atoms with Crippen LogP contribution in [-0.2, 0) is 5.41 Å². The number of fused-ring (bicyclic) bond motifs is 1. The number of nitrogen functional groups attached to an aromatic ring is 1. The molecule has 1 aromatic carbocycles. The quantitative estimate of drug-likeness (QED) is 0.351. The molecule has 0 saturated heterocycles. The maximum atomic E-state index is 12.4. The molecule has 0 spiro atoms. The SMILES string of the molecule is CC(C)(C)c1cc(NC(=O)Nc2ccc(-n3nc(-c4cccnc4)c4c(N)ncnc43)cc2)no1. The van der Waals surface area contributed by atoms with E-state index in [4.69, 9.17) is 15.4 Å². The molecule has 4 heterocycles. The summed E-state index contributed by atoms with van der Waals surface area (Å²) in [7, 11) is 0. The first kappa shape index (κ1) is 22.0. The van der Waals surface area contributed by atoms with Gasteiger partial charge in [-0.1, -0.05) is 25.9 Å². The van der Waals surface area contributed by atoms with Crippen LogP contribution in [0.25, 0.3) is 28.0 Å². The molecule has 0 unspecified atom stereocenters. The summed E-state index contributed by atoms with van der Waals surface area (Å²) in [6, 6.07) is 12.2. The largest absolute Gasteiger partial charge is 0.383 e. The Morgan fingerprint density at radius 3 is 2.57 bits per heavy atom. The molecule has 35 heavy (non-hydrogen) atoms. The van der Waals surface area contributed by atoms with Crippen molar-refractivity contribution in [3.05, 3.63) is 66.9 Å². The van der Waals surface area contributed by atoms with Crippen molar-refractivity contribution in [1.29, 1.82) is 0 Å². The van der Waals surface area contributed by atoms with E-state index in [1.807, 2.05) is 45.0 Å². The lowest BCUT2D eigenvalue weighted by Crippen LogP contribution is -2.19. The molecule has 0 bridgehead atoms. The number of nitrogens with one attached hydrogen (secondary N) is 2. The molecule has 2 amide bonds. The van der Waals surface area contributed by atoms with E-state index in [0.717, 1.165) is 11.3 Å². The zero-order valence-electron chi connectivity index (χ0n) is 19.4. The molecule has 176 valence electrons. The Balaban J connectivity index is 1.38. The van der Waals surface area contributed by atoms with Gasteiger partial charge in [0.05, 0.1) is 11.1 Å². The van der Waals surface area contributed by atoms with Gasteiger partial charge in [-0.2, -0.15) is 5.10 Å². The fourth-order valence-electron chi connectivity index (χ4n) is 3.51. The Morgan fingerprint density at radius 1 is 1.09 bits per heavy atom. The molecule has 5 rings (SSSR count). The second kappa shape index (κ2) is 8.52. The molecule has 5 aromatic rings. The Labute approximate surface area is 200 Å². The van der Waals surface area contributed by atoms with Gasteiger partial charge in [-0.15, -0.1) is 0 Å². The predicted octanol–water partition coefficient (Wildman–Crippen LogP) is 4.39. The van der Waals surface area contributed by atoms with Gasteiger partial charge in [-0.05, 0) is 36.4 Å². The van der Waals surface area contributed by atoms with Gasteiger partial charge >= 0.3 is 6.03 Å². The highest BCUT2D eigenvalue weighted by Crippen LogP contribution is 2.31. The molecule has 0 aliphatic heterocycles. The number of rotatable bonds is 4. The van der Waals surface area contributed by atoms with Gasteiger partial charge in [0.2, 0.25) is 0 Å². The number of carbonyl (C=O) groups excluding carboxylic acids is 1. The van der Waals surface area contributed by atoms with Gasteiger partial charge in [0.25, 0.3) is 0 Å². The molecule has 0 radical (unpaired) electrons. The average Bonchev–Trinajstić information content (AvgIpc) is 3.46. The topological polar surface area (TPSA) is 150 Å². The van der Waals surface area contributed by atoms with E-state index in [2.05, 4.69) is 30.7 Å². The highest BCUT2D eigenvalue weighted by molar-refractivity contribution is 6.00. The van der Waals surface area contributed by atoms with E-state index in [1.54, 1.807) is 35.3 Å². The normalized spacial score (nSPS) is 11.5. The smallest absolute Gasteiger partial charge is 0.324 e. The molecule has 0 fully saturated rings. The number of hydrogen-bond donors (Lipinski definition) is 3. The number of urea groups is 1. The van der Waals surface area contributed by atoms with Crippen molar-refractivity contribution in [3.63, 3.8) is 0 Å². The zero-order valence-corrected chi connectivity index (χ0v) is 19.4. The highest BCUT2D eigenvalue weighted by Gasteiger charge is 2.21. The van der Waals surface area contributed by atoms with E-state index in [0.29, 0.717) is 39.8 Å². The van der Waals surface area contributed by atoms with E-state index in [-0.39, 0.29) is 5.41 Å². The lowest BCUT2D eigenvalue weighted by molar-refractivity contribution is 0.262. The van der Waals surface area contributed by atoms with Crippen LogP contribution in [0.4, 0.5) is 22.1 Å². The monoisotopic (exact) mass is 469 g/mol. The van der Waals surface area contributed by atoms with Crippen molar-refractivity contribution in [2.45, 2.75) is 26.2 Å². The first-order chi connectivity index (χ1) is 16.8. The number of pyridine rings is 1. The van der Waals surface area contributed by atoms with Gasteiger partial charge < -0.3 is 15.6 Å². The molecule has 0 aliphatic carbocycles. The average molecular weight is 470 g/mol. The second-order valence-corrected chi connectivity index (χ2v) is 8.91. The summed E-state index contributed by atoms with van der Waals surface area (Å²) in [4.78, 5) is 25.1. The number of nitrogens with two attached hydrogens (primary N) is 1. The molecule has 0 saturated carbocycles. The van der Waals surface area contributed by atoms with Crippen molar-refractivity contribution in [1.82, 2.24) is 29.9 Å². The van der Waals surface area contributed by atoms with Crippen molar-refractivity contribution in [3.8, 4) is 16.9 Å². The number of nitrogens with zero attached hydrogens (tertiary/aromatic N) is 6. The molecule has 4 aromatic heterocycles. The van der Waals surface area contributed by atoms with Gasteiger partial charge in [0.15, 0.2) is 11.5 Å². The molecular weight excluding hydrogens is 446 g/mol. The Hall–Kier alpha value is -4.80. The minimum Gasteiger partial charge on any atom is -0.383 e. The first-order valence-electron chi connectivity index (χ1n) is 10.8. The fourth-order valence-corrected chi connectivity index (χ4v) is 3.51. The van der Waals surface area contributed by atoms with Crippen LogP contribution in [0.2, 0.25) is 0 Å². The predicted molar refractivity (Wildman–Crippen MR) is 132 cm³/mol. The number of anilines is 3. The van der Waals surface area contributed by atoms with Crippen LogP contribution in [0.1, 0.15) is 26.5 Å². The highest BCUT2D eigenvalue weighted by atomic mass is 16.5. The van der Waals surface area contributed by atoms with Crippen molar-refractivity contribution >= 4 is 34.4 Å². The zero-order chi connectivity index (χ0) is 24.6. The summed E-state index contributed by atoms with van der Waals surface area (Å²) < 4.78 is 6.98. The van der Waals surface area contributed by atoms with E-state index < -0.39 is 6.03 Å². The van der Waals surface area contributed by atoms with Crippen LogP contribution in [0, 0.1) is 0 Å². The molecule has 0 atom stereocenters. The van der Waals surface area contributed by atoms with Crippen LogP contribution in [0.3, 0.4) is 0 Å². The summed E-state index contributed by atoms with van der Waals surface area (Å²) in [6.07, 6.45) is 4.80. The molecule has 4 N–H and O–H groups in total. The molecule has 0 aliphatic rings. The minimum absolute atomic E-state index is 0.206. The minimum atomic E-state index is -0.435. The first-order valence-corrected chi connectivity index (χ1v) is 10.8. The van der Waals surface area contributed by atoms with Crippen molar-refractivity contribution in [2.24, 2.45) is 0 Å². The summed E-state index contributed by atoms with van der Waals surface area (Å²) in [5, 5.41) is 14.7. The van der Waals surface area contributed by atoms with Gasteiger partial charge in [0, 0.05) is 35.1 Å². The number of aromatic nitrogens is 6. The van der Waals surface area contributed by atoms with Crippen LogP contribution >= 0.6 is 0 Å². The van der Waals surface area contributed by atoms with Crippen molar-refractivity contribution in [2.75, 3.05) is 16.4 Å². The van der Waals surface area contributed by atoms with Crippen LogP contribution in [0.15, 0.2) is 65.7 Å². The summed E-state index contributed by atoms with van der Waals surface area (Å²) >= 11 is 0. The van der Waals surface area contributed by atoms with Gasteiger partial charge in [-0.25, -0.2) is 19.4 Å². The third kappa shape index (κ3) is 4.38. The lowest BCUT2D eigenvalue weighted by atomic mass is 9.93. The Bertz CT molecular complexity index is 1500. The van der Waals surface area contributed by atoms with Gasteiger partial charge in [0.1, 0.15) is 23.6 Å². The van der Waals surface area contributed by atoms with Crippen molar-refractivity contribution < 1.29 is 9.32 Å². The fraction of sp³-hybridized carbons (Fsp3) is 0.167. The number of carbonyl (C=O) groups is 1. The third-order valence-electron chi connectivity index (χ3n) is 5.29. The van der Waals surface area contributed by atoms with E-state index in [1.165, 1.54) is 6.33 Å². The maximum Gasteiger partial charge on any atom is 0.324 e. The summed E-state index contributed by atoms with van der Waals surface area (Å²) in [5.41, 5.74) is 9.28. The number of hydrogen-bond acceptors (Lipinski definition) is 8. The summed E-state index contributed by atoms with van der Waals surface area (Å²) in [6.45, 7) is 6.01.